The third-order valence-electron chi connectivity index (χ3n) is 4.32. The molecule has 92 valence electrons. The number of para-hydroxylation sites is 1. The van der Waals surface area contributed by atoms with Gasteiger partial charge >= 0.3 is 0 Å². The van der Waals surface area contributed by atoms with E-state index in [2.05, 4.69) is 11.0 Å². The molecule has 1 aromatic rings. The zero-order valence-corrected chi connectivity index (χ0v) is 10.1. The zero-order valence-electron chi connectivity index (χ0n) is 10.1. The molecule has 1 fully saturated rings. The predicted octanol–water partition coefficient (Wildman–Crippen LogP) is 1.88. The Morgan fingerprint density at radius 3 is 3.06 bits per heavy atom. The van der Waals surface area contributed by atoms with Gasteiger partial charge < -0.3 is 15.7 Å². The molecule has 0 aromatic heterocycles. The van der Waals surface area contributed by atoms with Crippen molar-refractivity contribution in [2.24, 2.45) is 11.7 Å². The molecule has 2 aliphatic rings. The molecule has 2 heterocycles. The van der Waals surface area contributed by atoms with Crippen molar-refractivity contribution in [2.75, 3.05) is 18.0 Å². The number of piperidine rings is 1. The summed E-state index contributed by atoms with van der Waals surface area (Å²) in [4.78, 5) is 2.40. The highest BCUT2D eigenvalue weighted by atomic mass is 16.3. The molecule has 3 nitrogen and oxygen atoms in total. The van der Waals surface area contributed by atoms with Gasteiger partial charge in [-0.2, -0.15) is 0 Å². The molecule has 3 N–H and O–H groups in total. The summed E-state index contributed by atoms with van der Waals surface area (Å²) in [7, 11) is 0. The maximum Gasteiger partial charge on any atom is 0.139 e. The van der Waals surface area contributed by atoms with Crippen LogP contribution in [0.25, 0.3) is 0 Å². The lowest BCUT2D eigenvalue weighted by atomic mass is 9.82. The summed E-state index contributed by atoms with van der Waals surface area (Å²) in [6.07, 6.45) is 4.67. The lowest BCUT2D eigenvalue weighted by Crippen LogP contribution is -2.50. The minimum atomic E-state index is 0.435. The van der Waals surface area contributed by atoms with Gasteiger partial charge in [-0.3, -0.25) is 0 Å². The number of phenolic OH excluding ortho intramolecular Hbond substituents is 1. The summed E-state index contributed by atoms with van der Waals surface area (Å²) >= 11 is 0. The largest absolute Gasteiger partial charge is 0.506 e. The fourth-order valence-corrected chi connectivity index (χ4v) is 3.50. The Balaban J connectivity index is 2.00. The maximum atomic E-state index is 10.1. The van der Waals surface area contributed by atoms with Gasteiger partial charge in [-0.25, -0.2) is 0 Å². The van der Waals surface area contributed by atoms with E-state index in [1.807, 2.05) is 6.07 Å². The number of benzene rings is 1. The number of phenols is 1. The molecule has 2 aliphatic heterocycles. The molecule has 0 spiro atoms. The molecule has 3 rings (SSSR count). The maximum absolute atomic E-state index is 10.1. The topological polar surface area (TPSA) is 49.5 Å². The Morgan fingerprint density at radius 1 is 1.35 bits per heavy atom. The number of hydrogen-bond donors (Lipinski definition) is 2. The monoisotopic (exact) mass is 232 g/mol. The van der Waals surface area contributed by atoms with Crippen LogP contribution in [0.15, 0.2) is 18.2 Å². The van der Waals surface area contributed by atoms with Crippen LogP contribution < -0.4 is 10.6 Å². The first kappa shape index (κ1) is 10.9. The highest BCUT2D eigenvalue weighted by Gasteiger charge is 2.35. The van der Waals surface area contributed by atoms with Gasteiger partial charge in [-0.15, -0.1) is 0 Å². The Morgan fingerprint density at radius 2 is 2.24 bits per heavy atom. The third kappa shape index (κ3) is 1.69. The molecule has 2 unspecified atom stereocenters. The predicted molar refractivity (Wildman–Crippen MR) is 69.3 cm³/mol. The van der Waals surface area contributed by atoms with E-state index in [1.165, 1.54) is 24.8 Å². The lowest BCUT2D eigenvalue weighted by molar-refractivity contribution is 0.302. The van der Waals surface area contributed by atoms with E-state index >= 15 is 0 Å². The summed E-state index contributed by atoms with van der Waals surface area (Å²) in [5, 5.41) is 10.1. The van der Waals surface area contributed by atoms with Crippen LogP contribution in [0.1, 0.15) is 24.8 Å². The molecule has 3 heteroatoms. The first-order valence-electron chi connectivity index (χ1n) is 6.59. The first-order valence-corrected chi connectivity index (χ1v) is 6.59. The van der Waals surface area contributed by atoms with Crippen molar-refractivity contribution in [1.82, 2.24) is 0 Å². The van der Waals surface area contributed by atoms with E-state index in [0.29, 0.717) is 17.7 Å². The SMILES string of the molecule is NCC1CCCN2c3c(O)cccc3CCC12. The van der Waals surface area contributed by atoms with Crippen LogP contribution >= 0.6 is 0 Å². The van der Waals surface area contributed by atoms with Crippen LogP contribution in [0.5, 0.6) is 5.75 Å². The molecule has 2 atom stereocenters. The Hall–Kier alpha value is -1.22. The van der Waals surface area contributed by atoms with Crippen LogP contribution in [0.3, 0.4) is 0 Å². The standard InChI is InChI=1S/C14H20N2O/c15-9-11-4-2-8-16-12(11)7-6-10-3-1-5-13(17)14(10)16/h1,3,5,11-12,17H,2,4,6-9,15H2. The van der Waals surface area contributed by atoms with Gasteiger partial charge in [-0.1, -0.05) is 12.1 Å². The van der Waals surface area contributed by atoms with E-state index in [9.17, 15) is 5.11 Å². The normalized spacial score (nSPS) is 27.5. The molecule has 0 bridgehead atoms. The summed E-state index contributed by atoms with van der Waals surface area (Å²) < 4.78 is 0. The molecule has 1 aromatic carbocycles. The fourth-order valence-electron chi connectivity index (χ4n) is 3.50. The summed E-state index contributed by atoms with van der Waals surface area (Å²) in [6.45, 7) is 1.83. The smallest absolute Gasteiger partial charge is 0.139 e. The Labute approximate surface area is 102 Å². The van der Waals surface area contributed by atoms with Crippen LogP contribution in [0.4, 0.5) is 5.69 Å². The number of rotatable bonds is 1. The van der Waals surface area contributed by atoms with Crippen LogP contribution in [-0.4, -0.2) is 24.2 Å². The van der Waals surface area contributed by atoms with Crippen molar-refractivity contribution >= 4 is 5.69 Å². The second kappa shape index (κ2) is 4.22. The number of nitrogens with zero attached hydrogens (tertiary/aromatic N) is 1. The Bertz CT molecular complexity index is 419. The van der Waals surface area contributed by atoms with Gasteiger partial charge in [0.05, 0.1) is 5.69 Å². The van der Waals surface area contributed by atoms with Gasteiger partial charge in [0.25, 0.3) is 0 Å². The molecular weight excluding hydrogens is 212 g/mol. The van der Waals surface area contributed by atoms with E-state index in [1.54, 1.807) is 6.07 Å². The van der Waals surface area contributed by atoms with Crippen molar-refractivity contribution in [3.05, 3.63) is 23.8 Å². The number of hydrogen-bond acceptors (Lipinski definition) is 3. The number of nitrogens with two attached hydrogens (primary N) is 1. The van der Waals surface area contributed by atoms with E-state index in [4.69, 9.17) is 5.73 Å². The zero-order chi connectivity index (χ0) is 11.8. The second-order valence-corrected chi connectivity index (χ2v) is 5.22. The van der Waals surface area contributed by atoms with Gasteiger partial charge in [0.1, 0.15) is 5.75 Å². The minimum absolute atomic E-state index is 0.435. The quantitative estimate of drug-likeness (QED) is 0.777. The van der Waals surface area contributed by atoms with Gasteiger partial charge in [0.2, 0.25) is 0 Å². The summed E-state index contributed by atoms with van der Waals surface area (Å²) in [5.74, 6) is 1.03. The lowest BCUT2D eigenvalue weighted by Gasteiger charge is -2.46. The van der Waals surface area contributed by atoms with Gasteiger partial charge in [-0.05, 0) is 49.8 Å². The second-order valence-electron chi connectivity index (χ2n) is 5.22. The van der Waals surface area contributed by atoms with Crippen LogP contribution in [0, 0.1) is 5.92 Å². The molecule has 17 heavy (non-hydrogen) atoms. The van der Waals surface area contributed by atoms with E-state index in [-0.39, 0.29) is 0 Å². The van der Waals surface area contributed by atoms with Gasteiger partial charge in [0, 0.05) is 12.6 Å². The van der Waals surface area contributed by atoms with Crippen LogP contribution in [-0.2, 0) is 6.42 Å². The van der Waals surface area contributed by atoms with Crippen molar-refractivity contribution < 1.29 is 5.11 Å². The summed E-state index contributed by atoms with van der Waals surface area (Å²) in [5.41, 5.74) is 8.24. The van der Waals surface area contributed by atoms with Crippen molar-refractivity contribution in [3.8, 4) is 5.75 Å². The number of fused-ring (bicyclic) bond motifs is 3. The molecular formula is C14H20N2O. The number of anilines is 1. The van der Waals surface area contributed by atoms with E-state index in [0.717, 1.165) is 25.2 Å². The Kier molecular flexibility index (Phi) is 2.71. The molecule has 0 aliphatic carbocycles. The highest BCUT2D eigenvalue weighted by Crippen LogP contribution is 2.42. The van der Waals surface area contributed by atoms with Crippen molar-refractivity contribution in [2.45, 2.75) is 31.7 Å². The highest BCUT2D eigenvalue weighted by molar-refractivity contribution is 5.65. The van der Waals surface area contributed by atoms with Crippen LogP contribution in [0.2, 0.25) is 0 Å². The fraction of sp³-hybridized carbons (Fsp3) is 0.571. The first-order chi connectivity index (χ1) is 8.31. The molecule has 0 radical (unpaired) electrons. The average molecular weight is 232 g/mol. The summed E-state index contributed by atoms with van der Waals surface area (Å²) in [6, 6.07) is 6.42. The number of aromatic hydroxyl groups is 1. The minimum Gasteiger partial charge on any atom is -0.506 e. The molecule has 0 saturated carbocycles. The van der Waals surface area contributed by atoms with Crippen molar-refractivity contribution in [1.29, 1.82) is 0 Å². The molecule has 0 amide bonds. The van der Waals surface area contributed by atoms with Crippen molar-refractivity contribution in [3.63, 3.8) is 0 Å². The van der Waals surface area contributed by atoms with Gasteiger partial charge in [0.15, 0.2) is 0 Å². The number of aryl methyl sites for hydroxylation is 1. The third-order valence-corrected chi connectivity index (χ3v) is 4.32. The molecule has 1 saturated heterocycles. The van der Waals surface area contributed by atoms with E-state index < -0.39 is 0 Å². The average Bonchev–Trinajstić information content (AvgIpc) is 2.37.